The van der Waals surface area contributed by atoms with Crippen molar-refractivity contribution in [3.8, 4) is 0 Å². The number of hydrogen-bond acceptors (Lipinski definition) is 3. The van der Waals surface area contributed by atoms with Crippen LogP contribution < -0.4 is 16.0 Å². The fourth-order valence-electron chi connectivity index (χ4n) is 2.25. The van der Waals surface area contributed by atoms with E-state index in [4.69, 9.17) is 5.73 Å². The molecule has 3 rings (SSSR count). The average molecular weight is 267 g/mol. The van der Waals surface area contributed by atoms with E-state index in [1.807, 2.05) is 12.1 Å². The number of benzene rings is 2. The maximum absolute atomic E-state index is 12.6. The van der Waals surface area contributed by atoms with E-state index >= 15 is 0 Å². The largest absolute Gasteiger partial charge is 0.398 e. The number of anilines is 3. The van der Waals surface area contributed by atoms with E-state index < -0.39 is 0 Å². The zero-order valence-corrected chi connectivity index (χ0v) is 10.7. The molecule has 0 aliphatic carbocycles. The number of nitrogen functional groups attached to an aromatic ring is 1. The van der Waals surface area contributed by atoms with Crippen LogP contribution in [0, 0.1) is 0 Å². The molecular formula is C15H13N3O2. The minimum Gasteiger partial charge on any atom is -0.398 e. The van der Waals surface area contributed by atoms with Gasteiger partial charge < -0.3 is 11.1 Å². The van der Waals surface area contributed by atoms with Crippen molar-refractivity contribution >= 4 is 28.9 Å². The number of carbonyl (C=O) groups excluding carboxylic acids is 2. The predicted octanol–water partition coefficient (Wildman–Crippen LogP) is 1.87. The summed E-state index contributed by atoms with van der Waals surface area (Å²) in [6.07, 6.45) is 0. The summed E-state index contributed by atoms with van der Waals surface area (Å²) in [6, 6.07) is 14.0. The molecule has 0 unspecified atom stereocenters. The highest BCUT2D eigenvalue weighted by molar-refractivity contribution is 6.16. The highest BCUT2D eigenvalue weighted by Crippen LogP contribution is 2.30. The zero-order chi connectivity index (χ0) is 14.1. The van der Waals surface area contributed by atoms with E-state index in [1.165, 1.54) is 4.90 Å². The maximum Gasteiger partial charge on any atom is 0.260 e. The lowest BCUT2D eigenvalue weighted by atomic mass is 10.1. The number of nitrogens with zero attached hydrogens (tertiary/aromatic N) is 1. The third kappa shape index (κ3) is 1.99. The second kappa shape index (κ2) is 4.70. The molecular weight excluding hydrogens is 254 g/mol. The number of para-hydroxylation sites is 3. The van der Waals surface area contributed by atoms with E-state index in [0.717, 1.165) is 0 Å². The van der Waals surface area contributed by atoms with Gasteiger partial charge in [-0.2, -0.15) is 0 Å². The van der Waals surface area contributed by atoms with E-state index in [-0.39, 0.29) is 18.4 Å². The summed E-state index contributed by atoms with van der Waals surface area (Å²) in [5, 5.41) is 2.75. The van der Waals surface area contributed by atoms with Crippen molar-refractivity contribution in [2.24, 2.45) is 0 Å². The lowest BCUT2D eigenvalue weighted by Gasteiger charge is -2.29. The molecule has 5 nitrogen and oxygen atoms in total. The molecule has 0 aromatic heterocycles. The van der Waals surface area contributed by atoms with Gasteiger partial charge in [-0.25, -0.2) is 0 Å². The second-order valence-electron chi connectivity index (χ2n) is 4.54. The standard InChI is InChI=1S/C15H13N3O2/c16-11-6-2-1-5-10(11)15(20)18-9-14(19)17-12-7-3-4-8-13(12)18/h1-8H,9,16H2,(H,17,19). The number of carbonyl (C=O) groups is 2. The lowest BCUT2D eigenvalue weighted by Crippen LogP contribution is -2.42. The van der Waals surface area contributed by atoms with Crippen LogP contribution in [-0.2, 0) is 4.79 Å². The molecule has 0 bridgehead atoms. The van der Waals surface area contributed by atoms with Gasteiger partial charge in [0.15, 0.2) is 0 Å². The first kappa shape index (κ1) is 12.2. The van der Waals surface area contributed by atoms with Gasteiger partial charge in [-0.05, 0) is 24.3 Å². The van der Waals surface area contributed by atoms with Gasteiger partial charge in [-0.15, -0.1) is 0 Å². The number of fused-ring (bicyclic) bond motifs is 1. The molecule has 1 aliphatic heterocycles. The molecule has 20 heavy (non-hydrogen) atoms. The van der Waals surface area contributed by atoms with Crippen LogP contribution in [0.5, 0.6) is 0 Å². The first-order valence-electron chi connectivity index (χ1n) is 6.22. The summed E-state index contributed by atoms with van der Waals surface area (Å²) in [6.45, 7) is -0.00974. The highest BCUT2D eigenvalue weighted by atomic mass is 16.2. The van der Waals surface area contributed by atoms with E-state index in [0.29, 0.717) is 22.6 Å². The molecule has 2 amide bonds. The van der Waals surface area contributed by atoms with Gasteiger partial charge in [0.1, 0.15) is 6.54 Å². The van der Waals surface area contributed by atoms with Gasteiger partial charge in [0.25, 0.3) is 5.91 Å². The summed E-state index contributed by atoms with van der Waals surface area (Å²) in [5.74, 6) is -0.489. The molecule has 100 valence electrons. The van der Waals surface area contributed by atoms with Crippen LogP contribution in [0.2, 0.25) is 0 Å². The molecule has 0 atom stereocenters. The van der Waals surface area contributed by atoms with Gasteiger partial charge in [0.05, 0.1) is 16.9 Å². The Morgan fingerprint density at radius 2 is 1.80 bits per heavy atom. The fraction of sp³-hybridized carbons (Fsp3) is 0.0667. The van der Waals surface area contributed by atoms with E-state index in [9.17, 15) is 9.59 Å². The van der Waals surface area contributed by atoms with Crippen LogP contribution >= 0.6 is 0 Å². The van der Waals surface area contributed by atoms with Crippen LogP contribution in [0.15, 0.2) is 48.5 Å². The van der Waals surface area contributed by atoms with Crippen LogP contribution in [0.1, 0.15) is 10.4 Å². The Morgan fingerprint density at radius 3 is 2.60 bits per heavy atom. The molecule has 0 fully saturated rings. The molecule has 2 aromatic rings. The predicted molar refractivity (Wildman–Crippen MR) is 77.6 cm³/mol. The Labute approximate surface area is 116 Å². The number of rotatable bonds is 1. The van der Waals surface area contributed by atoms with Crippen molar-refractivity contribution in [2.75, 3.05) is 22.5 Å². The van der Waals surface area contributed by atoms with Crippen molar-refractivity contribution in [2.45, 2.75) is 0 Å². The SMILES string of the molecule is Nc1ccccc1C(=O)N1CC(=O)Nc2ccccc21. The molecule has 0 radical (unpaired) electrons. The maximum atomic E-state index is 12.6. The number of amides is 2. The fourth-order valence-corrected chi connectivity index (χ4v) is 2.25. The van der Waals surface area contributed by atoms with Crippen LogP contribution in [0.25, 0.3) is 0 Å². The van der Waals surface area contributed by atoms with Gasteiger partial charge in [-0.3, -0.25) is 14.5 Å². The molecule has 0 spiro atoms. The summed E-state index contributed by atoms with van der Waals surface area (Å²) in [4.78, 5) is 25.8. The minimum atomic E-state index is -0.273. The van der Waals surface area contributed by atoms with Gasteiger partial charge in [0.2, 0.25) is 5.91 Å². The minimum absolute atomic E-state index is 0.00974. The van der Waals surface area contributed by atoms with Crippen LogP contribution in [0.3, 0.4) is 0 Å². The molecule has 1 aliphatic rings. The summed E-state index contributed by atoms with van der Waals surface area (Å²) in [5.41, 5.74) is 7.95. The Kier molecular flexibility index (Phi) is 2.87. The summed E-state index contributed by atoms with van der Waals surface area (Å²) >= 11 is 0. The van der Waals surface area contributed by atoms with E-state index in [1.54, 1.807) is 36.4 Å². The average Bonchev–Trinajstić information content (AvgIpc) is 2.46. The second-order valence-corrected chi connectivity index (χ2v) is 4.54. The highest BCUT2D eigenvalue weighted by Gasteiger charge is 2.28. The van der Waals surface area contributed by atoms with Gasteiger partial charge in [-0.1, -0.05) is 24.3 Å². The smallest absolute Gasteiger partial charge is 0.260 e. The number of nitrogens with one attached hydrogen (secondary N) is 1. The normalized spacial score (nSPS) is 13.6. The monoisotopic (exact) mass is 267 g/mol. The molecule has 0 saturated heterocycles. The first-order chi connectivity index (χ1) is 9.66. The Balaban J connectivity index is 2.05. The number of hydrogen-bond donors (Lipinski definition) is 2. The lowest BCUT2D eigenvalue weighted by molar-refractivity contribution is -0.115. The zero-order valence-electron chi connectivity index (χ0n) is 10.7. The third-order valence-electron chi connectivity index (χ3n) is 3.21. The van der Waals surface area contributed by atoms with Crippen molar-refractivity contribution in [1.82, 2.24) is 0 Å². The van der Waals surface area contributed by atoms with Crippen molar-refractivity contribution < 1.29 is 9.59 Å². The van der Waals surface area contributed by atoms with Crippen molar-refractivity contribution in [3.05, 3.63) is 54.1 Å². The van der Waals surface area contributed by atoms with E-state index in [2.05, 4.69) is 5.32 Å². The topological polar surface area (TPSA) is 75.4 Å². The summed E-state index contributed by atoms with van der Waals surface area (Å²) in [7, 11) is 0. The number of nitrogens with two attached hydrogens (primary N) is 1. The first-order valence-corrected chi connectivity index (χ1v) is 6.22. The molecule has 1 heterocycles. The summed E-state index contributed by atoms with van der Waals surface area (Å²) < 4.78 is 0. The van der Waals surface area contributed by atoms with Gasteiger partial charge >= 0.3 is 0 Å². The Morgan fingerprint density at radius 1 is 1.10 bits per heavy atom. The molecule has 3 N–H and O–H groups in total. The molecule has 0 saturated carbocycles. The molecule has 2 aromatic carbocycles. The molecule has 5 heteroatoms. The Hall–Kier alpha value is -2.82. The third-order valence-corrected chi connectivity index (χ3v) is 3.21. The van der Waals surface area contributed by atoms with Crippen molar-refractivity contribution in [3.63, 3.8) is 0 Å². The quantitative estimate of drug-likeness (QED) is 0.774. The van der Waals surface area contributed by atoms with Crippen LogP contribution in [-0.4, -0.2) is 18.4 Å². The van der Waals surface area contributed by atoms with Gasteiger partial charge in [0, 0.05) is 5.69 Å². The Bertz CT molecular complexity index is 697. The van der Waals surface area contributed by atoms with Crippen LogP contribution in [0.4, 0.5) is 17.1 Å². The van der Waals surface area contributed by atoms with Crippen molar-refractivity contribution in [1.29, 1.82) is 0 Å².